The number of hydrogen-bond acceptors (Lipinski definition) is 4. The standard InChI is InChI=1S/C20H20N2O3/c1-4-24-16-10-6-9-14-11-15(19(21)25-18(14)16)20(23)22-17-12(2)7-5-8-13(17)3/h5-11,21H,4H2,1-3H3,(H,22,23). The molecule has 128 valence electrons. The van der Waals surface area contributed by atoms with Gasteiger partial charge in [0.1, 0.15) is 5.56 Å². The Morgan fingerprint density at radius 2 is 1.84 bits per heavy atom. The normalized spacial score (nSPS) is 10.7. The van der Waals surface area contributed by atoms with Crippen molar-refractivity contribution in [2.45, 2.75) is 20.8 Å². The van der Waals surface area contributed by atoms with Gasteiger partial charge in [-0.2, -0.15) is 0 Å². The molecule has 0 radical (unpaired) electrons. The minimum absolute atomic E-state index is 0.184. The fourth-order valence-corrected chi connectivity index (χ4v) is 2.76. The first-order chi connectivity index (χ1) is 12.0. The summed E-state index contributed by atoms with van der Waals surface area (Å²) < 4.78 is 11.1. The fraction of sp³-hybridized carbons (Fsp3) is 0.200. The molecule has 0 fully saturated rings. The number of para-hydroxylation sites is 2. The number of aryl methyl sites for hydroxylation is 2. The Morgan fingerprint density at radius 3 is 2.52 bits per heavy atom. The van der Waals surface area contributed by atoms with E-state index in [0.29, 0.717) is 23.3 Å². The lowest BCUT2D eigenvalue weighted by Gasteiger charge is -2.12. The molecular weight excluding hydrogens is 316 g/mol. The lowest BCUT2D eigenvalue weighted by atomic mass is 10.1. The molecule has 0 saturated carbocycles. The Balaban J connectivity index is 2.02. The third-order valence-corrected chi connectivity index (χ3v) is 4.02. The molecule has 25 heavy (non-hydrogen) atoms. The second-order valence-corrected chi connectivity index (χ2v) is 5.82. The van der Waals surface area contributed by atoms with E-state index < -0.39 is 0 Å². The van der Waals surface area contributed by atoms with Crippen molar-refractivity contribution in [1.29, 1.82) is 5.41 Å². The smallest absolute Gasteiger partial charge is 0.261 e. The zero-order chi connectivity index (χ0) is 18.0. The van der Waals surface area contributed by atoms with Gasteiger partial charge in [-0.15, -0.1) is 0 Å². The Labute approximate surface area is 145 Å². The molecule has 2 aromatic carbocycles. The number of ether oxygens (including phenoxy) is 1. The molecule has 0 unspecified atom stereocenters. The number of carbonyl (C=O) groups excluding carboxylic acids is 1. The van der Waals surface area contributed by atoms with Crippen LogP contribution in [0.4, 0.5) is 5.69 Å². The lowest BCUT2D eigenvalue weighted by Crippen LogP contribution is -2.21. The number of amides is 1. The molecule has 5 heteroatoms. The maximum atomic E-state index is 12.7. The highest BCUT2D eigenvalue weighted by Gasteiger charge is 2.15. The highest BCUT2D eigenvalue weighted by Crippen LogP contribution is 2.25. The van der Waals surface area contributed by atoms with Crippen LogP contribution in [-0.4, -0.2) is 12.5 Å². The third kappa shape index (κ3) is 3.26. The lowest BCUT2D eigenvalue weighted by molar-refractivity contribution is 0.102. The van der Waals surface area contributed by atoms with Gasteiger partial charge in [0.15, 0.2) is 11.3 Å². The largest absolute Gasteiger partial charge is 0.490 e. The molecule has 0 aliphatic carbocycles. The Kier molecular flexibility index (Phi) is 4.57. The van der Waals surface area contributed by atoms with Gasteiger partial charge in [0.25, 0.3) is 5.91 Å². The summed E-state index contributed by atoms with van der Waals surface area (Å²) in [7, 11) is 0. The number of anilines is 1. The summed E-state index contributed by atoms with van der Waals surface area (Å²) in [6.07, 6.45) is 0. The first-order valence-electron chi connectivity index (χ1n) is 8.13. The highest BCUT2D eigenvalue weighted by molar-refractivity contribution is 6.06. The number of carbonyl (C=O) groups is 1. The summed E-state index contributed by atoms with van der Waals surface area (Å²) in [6, 6.07) is 12.9. The van der Waals surface area contributed by atoms with Gasteiger partial charge in [0, 0.05) is 11.1 Å². The Bertz CT molecular complexity index is 985. The van der Waals surface area contributed by atoms with Gasteiger partial charge in [-0.05, 0) is 44.0 Å². The first kappa shape index (κ1) is 16.8. The molecule has 5 nitrogen and oxygen atoms in total. The zero-order valence-electron chi connectivity index (χ0n) is 14.5. The monoisotopic (exact) mass is 336 g/mol. The van der Waals surface area contributed by atoms with Crippen LogP contribution >= 0.6 is 0 Å². The van der Waals surface area contributed by atoms with E-state index in [9.17, 15) is 4.79 Å². The van der Waals surface area contributed by atoms with Gasteiger partial charge in [-0.1, -0.05) is 30.3 Å². The van der Waals surface area contributed by atoms with E-state index in [1.54, 1.807) is 12.1 Å². The first-order valence-corrected chi connectivity index (χ1v) is 8.13. The average Bonchev–Trinajstić information content (AvgIpc) is 2.58. The van der Waals surface area contributed by atoms with Crippen LogP contribution in [-0.2, 0) is 0 Å². The van der Waals surface area contributed by atoms with Crippen LogP contribution in [0.25, 0.3) is 11.0 Å². The summed E-state index contributed by atoms with van der Waals surface area (Å²) >= 11 is 0. The van der Waals surface area contributed by atoms with Crippen molar-refractivity contribution >= 4 is 22.6 Å². The maximum Gasteiger partial charge on any atom is 0.261 e. The van der Waals surface area contributed by atoms with E-state index in [2.05, 4.69) is 5.32 Å². The van der Waals surface area contributed by atoms with E-state index in [-0.39, 0.29) is 17.0 Å². The molecule has 0 atom stereocenters. The van der Waals surface area contributed by atoms with Gasteiger partial charge in [0.05, 0.1) is 6.61 Å². The molecule has 1 amide bonds. The average molecular weight is 336 g/mol. The van der Waals surface area contributed by atoms with Crippen LogP contribution in [0.15, 0.2) is 46.9 Å². The molecule has 2 N–H and O–H groups in total. The number of fused-ring (bicyclic) bond motifs is 1. The summed E-state index contributed by atoms with van der Waals surface area (Å²) in [5, 5.41) is 11.7. The van der Waals surface area contributed by atoms with Gasteiger partial charge >= 0.3 is 0 Å². The quantitative estimate of drug-likeness (QED) is 0.750. The Morgan fingerprint density at radius 1 is 1.16 bits per heavy atom. The molecule has 1 aromatic heterocycles. The van der Waals surface area contributed by atoms with E-state index in [0.717, 1.165) is 16.8 Å². The van der Waals surface area contributed by atoms with Gasteiger partial charge in [-0.25, -0.2) is 0 Å². The second-order valence-electron chi connectivity index (χ2n) is 5.82. The molecule has 0 spiro atoms. The minimum atomic E-state index is -0.366. The predicted octanol–water partition coefficient (Wildman–Crippen LogP) is 4.18. The summed E-state index contributed by atoms with van der Waals surface area (Å²) in [4.78, 5) is 12.7. The zero-order valence-corrected chi connectivity index (χ0v) is 14.5. The van der Waals surface area contributed by atoms with E-state index in [1.807, 2.05) is 51.1 Å². The summed E-state index contributed by atoms with van der Waals surface area (Å²) in [5.74, 6) is 0.199. The van der Waals surface area contributed by atoms with Crippen molar-refractivity contribution in [1.82, 2.24) is 0 Å². The van der Waals surface area contributed by atoms with Crippen LogP contribution in [0.3, 0.4) is 0 Å². The molecule has 0 aliphatic heterocycles. The second kappa shape index (κ2) is 6.81. The van der Waals surface area contributed by atoms with Crippen molar-refractivity contribution in [3.8, 4) is 5.75 Å². The number of benzene rings is 2. The van der Waals surface area contributed by atoms with Crippen molar-refractivity contribution in [3.05, 3.63) is 64.7 Å². The molecule has 0 bridgehead atoms. The van der Waals surface area contributed by atoms with Gasteiger partial charge in [0.2, 0.25) is 5.55 Å². The van der Waals surface area contributed by atoms with Crippen LogP contribution in [0.1, 0.15) is 28.4 Å². The van der Waals surface area contributed by atoms with Crippen molar-refractivity contribution < 1.29 is 13.9 Å². The van der Waals surface area contributed by atoms with Crippen LogP contribution < -0.4 is 15.6 Å². The van der Waals surface area contributed by atoms with Gasteiger partial charge < -0.3 is 14.5 Å². The molecule has 0 saturated heterocycles. The molecule has 0 aliphatic rings. The maximum absolute atomic E-state index is 12.7. The topological polar surface area (TPSA) is 75.3 Å². The fourth-order valence-electron chi connectivity index (χ4n) is 2.76. The van der Waals surface area contributed by atoms with Crippen LogP contribution in [0, 0.1) is 19.3 Å². The van der Waals surface area contributed by atoms with Crippen LogP contribution in [0.2, 0.25) is 0 Å². The number of nitrogens with one attached hydrogen (secondary N) is 2. The van der Waals surface area contributed by atoms with E-state index in [1.165, 1.54) is 0 Å². The number of hydrogen-bond donors (Lipinski definition) is 2. The molecule has 1 heterocycles. The van der Waals surface area contributed by atoms with E-state index in [4.69, 9.17) is 14.6 Å². The molecule has 3 aromatic rings. The van der Waals surface area contributed by atoms with Crippen molar-refractivity contribution in [2.24, 2.45) is 0 Å². The third-order valence-electron chi connectivity index (χ3n) is 4.02. The Hall–Kier alpha value is -3.08. The number of rotatable bonds is 4. The van der Waals surface area contributed by atoms with Crippen molar-refractivity contribution in [3.63, 3.8) is 0 Å². The van der Waals surface area contributed by atoms with Crippen LogP contribution in [0.5, 0.6) is 5.75 Å². The minimum Gasteiger partial charge on any atom is -0.490 e. The van der Waals surface area contributed by atoms with Crippen molar-refractivity contribution in [2.75, 3.05) is 11.9 Å². The summed E-state index contributed by atoms with van der Waals surface area (Å²) in [6.45, 7) is 6.25. The molecule has 3 rings (SSSR count). The molecular formula is C20H20N2O3. The van der Waals surface area contributed by atoms with Gasteiger partial charge in [-0.3, -0.25) is 10.2 Å². The highest BCUT2D eigenvalue weighted by atomic mass is 16.5. The van der Waals surface area contributed by atoms with E-state index >= 15 is 0 Å². The SMILES string of the molecule is CCOc1cccc2cc(C(=O)Nc3c(C)cccc3C)c(=N)oc12. The summed E-state index contributed by atoms with van der Waals surface area (Å²) in [5.41, 5.74) is 3.16. The predicted molar refractivity (Wildman–Crippen MR) is 97.1 cm³/mol.